The summed E-state index contributed by atoms with van der Waals surface area (Å²) in [5, 5.41) is 0. The predicted molar refractivity (Wildman–Crippen MR) is 101 cm³/mol. The summed E-state index contributed by atoms with van der Waals surface area (Å²) >= 11 is 0. The molecule has 6 heteroatoms. The number of sulfonamides is 1. The first kappa shape index (κ1) is 17.9. The van der Waals surface area contributed by atoms with Crippen LogP contribution in [0.4, 0.5) is 5.69 Å². The third-order valence-corrected chi connectivity index (χ3v) is 6.76. The number of nitrogens with zero attached hydrogens (tertiary/aromatic N) is 3. The minimum absolute atomic E-state index is 0.119. The molecule has 2 heterocycles. The van der Waals surface area contributed by atoms with Gasteiger partial charge in [0.05, 0.1) is 5.75 Å². The number of anilines is 1. The first-order chi connectivity index (χ1) is 12.0. The highest BCUT2D eigenvalue weighted by atomic mass is 32.2. The summed E-state index contributed by atoms with van der Waals surface area (Å²) in [5.41, 5.74) is 4.57. The van der Waals surface area contributed by atoms with Crippen molar-refractivity contribution in [3.8, 4) is 0 Å². The highest BCUT2D eigenvalue weighted by Crippen LogP contribution is 2.24. The topological polar surface area (TPSA) is 53.5 Å². The summed E-state index contributed by atoms with van der Waals surface area (Å²) < 4.78 is 26.8. The summed E-state index contributed by atoms with van der Waals surface area (Å²) in [4.78, 5) is 6.49. The Bertz CT molecular complexity index is 814. The van der Waals surface area contributed by atoms with Crippen molar-refractivity contribution in [1.82, 2.24) is 9.29 Å². The van der Waals surface area contributed by atoms with Crippen molar-refractivity contribution in [2.24, 2.45) is 0 Å². The number of aromatic nitrogens is 1. The Labute approximate surface area is 150 Å². The molecule has 1 saturated heterocycles. The molecule has 0 atom stereocenters. The van der Waals surface area contributed by atoms with Gasteiger partial charge in [-0.05, 0) is 43.2 Å². The molecule has 134 valence electrons. The standard InChI is InChI=1S/C19H25N3O2S/c1-16-6-5-8-19(17(16)2)21-11-13-22(14-12-21)25(23,24)15-9-18-7-3-4-10-20-18/h3-8,10H,9,11-15H2,1-2H3. The van der Waals surface area contributed by atoms with Crippen molar-refractivity contribution < 1.29 is 8.42 Å². The van der Waals surface area contributed by atoms with Crippen LogP contribution in [0, 0.1) is 13.8 Å². The fourth-order valence-electron chi connectivity index (χ4n) is 3.19. The molecule has 1 aliphatic heterocycles. The van der Waals surface area contributed by atoms with Gasteiger partial charge in [-0.3, -0.25) is 4.98 Å². The highest BCUT2D eigenvalue weighted by molar-refractivity contribution is 7.89. The number of rotatable bonds is 5. The Morgan fingerprint density at radius 2 is 1.76 bits per heavy atom. The van der Waals surface area contributed by atoms with Crippen molar-refractivity contribution >= 4 is 15.7 Å². The van der Waals surface area contributed by atoms with Crippen LogP contribution in [0.25, 0.3) is 0 Å². The largest absolute Gasteiger partial charge is 0.369 e. The van der Waals surface area contributed by atoms with Crippen molar-refractivity contribution in [1.29, 1.82) is 0 Å². The van der Waals surface area contributed by atoms with E-state index in [4.69, 9.17) is 0 Å². The Morgan fingerprint density at radius 3 is 2.44 bits per heavy atom. The summed E-state index contributed by atoms with van der Waals surface area (Å²) in [6, 6.07) is 11.9. The molecular formula is C19H25N3O2S. The number of hydrogen-bond donors (Lipinski definition) is 0. The lowest BCUT2D eigenvalue weighted by Crippen LogP contribution is -2.49. The van der Waals surface area contributed by atoms with E-state index in [1.165, 1.54) is 16.8 Å². The summed E-state index contributed by atoms with van der Waals surface area (Å²) in [7, 11) is -3.24. The van der Waals surface area contributed by atoms with E-state index in [1.807, 2.05) is 18.2 Å². The van der Waals surface area contributed by atoms with Gasteiger partial charge in [-0.2, -0.15) is 4.31 Å². The van der Waals surface area contributed by atoms with Gasteiger partial charge in [0, 0.05) is 50.2 Å². The van der Waals surface area contributed by atoms with E-state index in [9.17, 15) is 8.42 Å². The van der Waals surface area contributed by atoms with E-state index in [0.29, 0.717) is 19.5 Å². The molecule has 5 nitrogen and oxygen atoms in total. The van der Waals surface area contributed by atoms with Gasteiger partial charge < -0.3 is 4.90 Å². The van der Waals surface area contributed by atoms with E-state index >= 15 is 0 Å². The fourth-order valence-corrected chi connectivity index (χ4v) is 4.64. The van der Waals surface area contributed by atoms with E-state index in [0.717, 1.165) is 18.8 Å². The molecule has 2 aromatic rings. The van der Waals surface area contributed by atoms with Crippen molar-refractivity contribution in [3.63, 3.8) is 0 Å². The van der Waals surface area contributed by atoms with E-state index < -0.39 is 10.0 Å². The molecule has 1 aromatic heterocycles. The smallest absolute Gasteiger partial charge is 0.214 e. The monoisotopic (exact) mass is 359 g/mol. The second-order valence-electron chi connectivity index (χ2n) is 6.49. The van der Waals surface area contributed by atoms with Crippen LogP contribution in [0.15, 0.2) is 42.6 Å². The zero-order valence-electron chi connectivity index (χ0n) is 14.9. The Kier molecular flexibility index (Phi) is 5.39. The number of aryl methyl sites for hydroxylation is 2. The maximum absolute atomic E-state index is 12.6. The molecule has 0 radical (unpaired) electrons. The van der Waals surface area contributed by atoms with Crippen LogP contribution in [0.1, 0.15) is 16.8 Å². The van der Waals surface area contributed by atoms with E-state index in [1.54, 1.807) is 10.5 Å². The predicted octanol–water partition coefficient (Wildman–Crippen LogP) is 2.39. The Balaban J connectivity index is 1.60. The van der Waals surface area contributed by atoms with Gasteiger partial charge in [0.25, 0.3) is 0 Å². The lowest BCUT2D eigenvalue weighted by Gasteiger charge is -2.36. The normalized spacial score (nSPS) is 16.2. The summed E-state index contributed by atoms with van der Waals surface area (Å²) in [5.74, 6) is 0.119. The molecule has 0 N–H and O–H groups in total. The third-order valence-electron chi connectivity index (χ3n) is 4.89. The minimum atomic E-state index is -3.24. The highest BCUT2D eigenvalue weighted by Gasteiger charge is 2.27. The number of piperazine rings is 1. The Morgan fingerprint density at radius 1 is 1.00 bits per heavy atom. The van der Waals surface area contributed by atoms with Crippen molar-refractivity contribution in [3.05, 3.63) is 59.4 Å². The molecule has 0 amide bonds. The molecule has 0 saturated carbocycles. The van der Waals surface area contributed by atoms with Crippen molar-refractivity contribution in [2.45, 2.75) is 20.3 Å². The number of hydrogen-bond acceptors (Lipinski definition) is 4. The van der Waals surface area contributed by atoms with Crippen LogP contribution >= 0.6 is 0 Å². The molecule has 1 aliphatic rings. The second-order valence-corrected chi connectivity index (χ2v) is 8.58. The van der Waals surface area contributed by atoms with E-state index in [-0.39, 0.29) is 5.75 Å². The molecule has 3 rings (SSSR count). The molecule has 0 bridgehead atoms. The first-order valence-electron chi connectivity index (χ1n) is 8.66. The summed E-state index contributed by atoms with van der Waals surface area (Å²) in [6.45, 7) is 6.77. The fraction of sp³-hybridized carbons (Fsp3) is 0.421. The molecule has 1 fully saturated rings. The molecule has 0 spiro atoms. The zero-order valence-corrected chi connectivity index (χ0v) is 15.7. The number of benzene rings is 1. The van der Waals surface area contributed by atoms with Crippen molar-refractivity contribution in [2.75, 3.05) is 36.8 Å². The van der Waals surface area contributed by atoms with Crippen LogP contribution in [-0.4, -0.2) is 49.6 Å². The lowest BCUT2D eigenvalue weighted by atomic mass is 10.1. The summed E-state index contributed by atoms with van der Waals surface area (Å²) in [6.07, 6.45) is 2.16. The van der Waals surface area contributed by atoms with Gasteiger partial charge in [0.15, 0.2) is 0 Å². The first-order valence-corrected chi connectivity index (χ1v) is 10.3. The van der Waals surface area contributed by atoms with Gasteiger partial charge in [-0.25, -0.2) is 8.42 Å². The van der Waals surface area contributed by atoms with Gasteiger partial charge in [-0.1, -0.05) is 18.2 Å². The molecule has 0 aliphatic carbocycles. The van der Waals surface area contributed by atoms with Gasteiger partial charge in [0.2, 0.25) is 10.0 Å². The average Bonchev–Trinajstić information content (AvgIpc) is 2.63. The second kappa shape index (κ2) is 7.54. The lowest BCUT2D eigenvalue weighted by molar-refractivity contribution is 0.384. The van der Waals surface area contributed by atoms with E-state index in [2.05, 4.69) is 41.9 Å². The average molecular weight is 359 g/mol. The maximum Gasteiger partial charge on any atom is 0.214 e. The van der Waals surface area contributed by atoms with Crippen LogP contribution in [0.2, 0.25) is 0 Å². The van der Waals surface area contributed by atoms with Crippen LogP contribution in [0.5, 0.6) is 0 Å². The van der Waals surface area contributed by atoms with Crippen LogP contribution < -0.4 is 4.90 Å². The maximum atomic E-state index is 12.6. The van der Waals surface area contributed by atoms with Crippen LogP contribution in [-0.2, 0) is 16.4 Å². The van der Waals surface area contributed by atoms with Gasteiger partial charge in [0.1, 0.15) is 0 Å². The molecule has 25 heavy (non-hydrogen) atoms. The number of pyridine rings is 1. The van der Waals surface area contributed by atoms with Gasteiger partial charge in [-0.15, -0.1) is 0 Å². The zero-order chi connectivity index (χ0) is 17.9. The minimum Gasteiger partial charge on any atom is -0.369 e. The van der Waals surface area contributed by atoms with Gasteiger partial charge >= 0.3 is 0 Å². The Hall–Kier alpha value is -1.92. The molecular weight excluding hydrogens is 334 g/mol. The quantitative estimate of drug-likeness (QED) is 0.823. The third kappa shape index (κ3) is 4.19. The molecule has 0 unspecified atom stereocenters. The molecule has 1 aromatic carbocycles. The van der Waals surface area contributed by atoms with Crippen LogP contribution in [0.3, 0.4) is 0 Å². The SMILES string of the molecule is Cc1cccc(N2CCN(S(=O)(=O)CCc3ccccn3)CC2)c1C.